The minimum atomic E-state index is -0.213. The third kappa shape index (κ3) is 4.98. The molecule has 0 saturated carbocycles. The first kappa shape index (κ1) is 23.1. The summed E-state index contributed by atoms with van der Waals surface area (Å²) in [7, 11) is 3.17. The lowest BCUT2D eigenvalue weighted by atomic mass is 10.1. The second kappa shape index (κ2) is 10.2. The highest BCUT2D eigenvalue weighted by atomic mass is 32.2. The SMILES string of the molecule is COc1ccc(CCN2C(=O)C(=Cc3nc(C#N)c(N4CCOCC4)o3)SC2=S)cc1OC. The zero-order valence-corrected chi connectivity index (χ0v) is 19.8. The second-order valence-corrected chi connectivity index (χ2v) is 8.87. The molecule has 172 valence electrons. The number of aromatic nitrogens is 1. The Labute approximate surface area is 200 Å². The first-order valence-corrected chi connectivity index (χ1v) is 11.5. The van der Waals surface area contributed by atoms with Gasteiger partial charge in [0.2, 0.25) is 17.5 Å². The molecule has 2 aromatic rings. The van der Waals surface area contributed by atoms with Gasteiger partial charge in [0.25, 0.3) is 5.91 Å². The Morgan fingerprint density at radius 3 is 2.73 bits per heavy atom. The number of ether oxygens (including phenoxy) is 3. The van der Waals surface area contributed by atoms with Crippen LogP contribution in [0.25, 0.3) is 6.08 Å². The number of carbonyl (C=O) groups is 1. The summed E-state index contributed by atoms with van der Waals surface area (Å²) in [5.41, 5.74) is 1.18. The zero-order chi connectivity index (χ0) is 23.4. The Hall–Kier alpha value is -3.07. The van der Waals surface area contributed by atoms with Crippen LogP contribution in [-0.2, 0) is 16.0 Å². The summed E-state index contributed by atoms with van der Waals surface area (Å²) in [6.45, 7) is 2.76. The molecule has 0 N–H and O–H groups in total. The Bertz CT molecular complexity index is 1130. The smallest absolute Gasteiger partial charge is 0.266 e. The summed E-state index contributed by atoms with van der Waals surface area (Å²) in [5.74, 6) is 1.67. The van der Waals surface area contributed by atoms with Crippen LogP contribution in [-0.4, -0.2) is 67.2 Å². The summed E-state index contributed by atoms with van der Waals surface area (Å²) in [6.07, 6.45) is 2.14. The molecule has 1 aromatic heterocycles. The number of hydrogen-bond donors (Lipinski definition) is 0. The normalized spacial score (nSPS) is 17.5. The monoisotopic (exact) mass is 486 g/mol. The largest absolute Gasteiger partial charge is 0.493 e. The molecule has 2 aliphatic heterocycles. The number of benzene rings is 1. The van der Waals surface area contributed by atoms with Gasteiger partial charge in [-0.25, -0.2) is 0 Å². The molecule has 2 saturated heterocycles. The molecular weight excluding hydrogens is 464 g/mol. The van der Waals surface area contributed by atoms with Gasteiger partial charge in [0.15, 0.2) is 11.5 Å². The Morgan fingerprint density at radius 1 is 1.27 bits per heavy atom. The van der Waals surface area contributed by atoms with E-state index in [0.29, 0.717) is 65.9 Å². The molecule has 0 unspecified atom stereocenters. The van der Waals surface area contributed by atoms with E-state index < -0.39 is 0 Å². The number of rotatable bonds is 7. The molecule has 0 atom stereocenters. The van der Waals surface area contributed by atoms with Crippen molar-refractivity contribution in [3.8, 4) is 17.6 Å². The van der Waals surface area contributed by atoms with Gasteiger partial charge in [0.1, 0.15) is 10.4 Å². The van der Waals surface area contributed by atoms with E-state index in [9.17, 15) is 10.1 Å². The van der Waals surface area contributed by atoms with Crippen molar-refractivity contribution in [1.29, 1.82) is 5.26 Å². The highest BCUT2D eigenvalue weighted by molar-refractivity contribution is 8.26. The van der Waals surface area contributed by atoms with Crippen LogP contribution in [0.2, 0.25) is 0 Å². The summed E-state index contributed by atoms with van der Waals surface area (Å²) in [5, 5.41) is 9.44. The van der Waals surface area contributed by atoms with Crippen LogP contribution in [0.4, 0.5) is 5.88 Å². The first-order valence-electron chi connectivity index (χ1n) is 10.2. The van der Waals surface area contributed by atoms with Gasteiger partial charge in [-0.3, -0.25) is 9.69 Å². The lowest BCUT2D eigenvalue weighted by Gasteiger charge is -2.25. The molecule has 9 nitrogen and oxygen atoms in total. The molecular formula is C22H22N4O5S2. The maximum atomic E-state index is 13.0. The van der Waals surface area contributed by atoms with Crippen molar-refractivity contribution < 1.29 is 23.4 Å². The number of nitrogens with zero attached hydrogens (tertiary/aromatic N) is 4. The zero-order valence-electron chi connectivity index (χ0n) is 18.2. The van der Waals surface area contributed by atoms with Gasteiger partial charge >= 0.3 is 0 Å². The Kier molecular flexibility index (Phi) is 7.17. The van der Waals surface area contributed by atoms with E-state index >= 15 is 0 Å². The van der Waals surface area contributed by atoms with E-state index in [0.717, 1.165) is 5.56 Å². The molecule has 0 bridgehead atoms. The van der Waals surface area contributed by atoms with Crippen LogP contribution in [0.15, 0.2) is 27.5 Å². The van der Waals surface area contributed by atoms with E-state index in [1.54, 1.807) is 25.2 Å². The number of hydrogen-bond acceptors (Lipinski definition) is 10. The summed E-state index contributed by atoms with van der Waals surface area (Å²) in [4.78, 5) is 21.1. The van der Waals surface area contributed by atoms with Crippen molar-refractivity contribution in [1.82, 2.24) is 9.88 Å². The minimum Gasteiger partial charge on any atom is -0.493 e. The first-order chi connectivity index (χ1) is 16.0. The van der Waals surface area contributed by atoms with Gasteiger partial charge in [0.05, 0.1) is 32.3 Å². The Morgan fingerprint density at radius 2 is 2.03 bits per heavy atom. The number of carbonyl (C=O) groups excluding carboxylic acids is 1. The molecule has 2 aliphatic rings. The Balaban J connectivity index is 1.47. The lowest BCUT2D eigenvalue weighted by Crippen LogP contribution is -2.36. The predicted octanol–water partition coefficient (Wildman–Crippen LogP) is 2.84. The number of thiocarbonyl (C=S) groups is 1. The summed E-state index contributed by atoms with van der Waals surface area (Å²) in [6, 6.07) is 7.71. The quantitative estimate of drug-likeness (QED) is 0.429. The fourth-order valence-corrected chi connectivity index (χ4v) is 4.80. The number of nitriles is 1. The van der Waals surface area contributed by atoms with Gasteiger partial charge in [-0.15, -0.1) is 0 Å². The van der Waals surface area contributed by atoms with Gasteiger partial charge < -0.3 is 23.5 Å². The fraction of sp³-hybridized carbons (Fsp3) is 0.364. The molecule has 1 amide bonds. The van der Waals surface area contributed by atoms with E-state index in [-0.39, 0.29) is 17.5 Å². The van der Waals surface area contributed by atoms with Crippen molar-refractivity contribution in [3.05, 3.63) is 40.3 Å². The van der Waals surface area contributed by atoms with E-state index in [1.165, 1.54) is 11.8 Å². The number of thioether (sulfide) groups is 1. The van der Waals surface area contributed by atoms with Crippen LogP contribution in [0.5, 0.6) is 11.5 Å². The molecule has 33 heavy (non-hydrogen) atoms. The average Bonchev–Trinajstić information content (AvgIpc) is 3.38. The topological polar surface area (TPSA) is 101 Å². The van der Waals surface area contributed by atoms with Crippen molar-refractivity contribution in [2.75, 3.05) is 52.0 Å². The van der Waals surface area contributed by atoms with Crippen LogP contribution < -0.4 is 14.4 Å². The van der Waals surface area contributed by atoms with Gasteiger partial charge in [-0.1, -0.05) is 30.0 Å². The van der Waals surface area contributed by atoms with Gasteiger partial charge in [-0.2, -0.15) is 10.2 Å². The minimum absolute atomic E-state index is 0.187. The van der Waals surface area contributed by atoms with E-state index in [4.69, 9.17) is 30.8 Å². The van der Waals surface area contributed by atoms with E-state index in [2.05, 4.69) is 11.1 Å². The summed E-state index contributed by atoms with van der Waals surface area (Å²) < 4.78 is 22.2. The molecule has 2 fully saturated rings. The number of oxazole rings is 1. The van der Waals surface area contributed by atoms with Crippen molar-refractivity contribution in [2.45, 2.75) is 6.42 Å². The average molecular weight is 487 g/mol. The van der Waals surface area contributed by atoms with Crippen LogP contribution in [0, 0.1) is 11.3 Å². The van der Waals surface area contributed by atoms with Crippen molar-refractivity contribution >= 4 is 46.2 Å². The van der Waals surface area contributed by atoms with Crippen molar-refractivity contribution in [3.63, 3.8) is 0 Å². The standard InChI is InChI=1S/C22H22N4O5S2/c1-28-16-4-3-14(11-17(16)29-2)5-6-26-20(27)18(33-22(26)32)12-19-24-15(13-23)21(31-19)25-7-9-30-10-8-25/h3-4,11-12H,5-10H2,1-2H3. The van der Waals surface area contributed by atoms with Crippen LogP contribution >= 0.6 is 24.0 Å². The highest BCUT2D eigenvalue weighted by Crippen LogP contribution is 2.34. The molecule has 0 radical (unpaired) electrons. The number of methoxy groups -OCH3 is 2. The second-order valence-electron chi connectivity index (χ2n) is 7.19. The molecule has 0 aliphatic carbocycles. The maximum Gasteiger partial charge on any atom is 0.266 e. The van der Waals surface area contributed by atoms with Gasteiger partial charge in [0, 0.05) is 25.7 Å². The van der Waals surface area contributed by atoms with Crippen molar-refractivity contribution in [2.24, 2.45) is 0 Å². The number of amides is 1. The third-order valence-electron chi connectivity index (χ3n) is 5.23. The number of anilines is 1. The van der Waals surface area contributed by atoms with Gasteiger partial charge in [-0.05, 0) is 24.1 Å². The number of morpholine rings is 1. The maximum absolute atomic E-state index is 13.0. The van der Waals surface area contributed by atoms with Crippen LogP contribution in [0.3, 0.4) is 0 Å². The molecule has 1 aromatic carbocycles. The van der Waals surface area contributed by atoms with Crippen LogP contribution in [0.1, 0.15) is 17.1 Å². The third-order valence-corrected chi connectivity index (χ3v) is 6.61. The fourth-order valence-electron chi connectivity index (χ4n) is 3.53. The molecule has 0 spiro atoms. The predicted molar refractivity (Wildman–Crippen MR) is 127 cm³/mol. The molecule has 4 rings (SSSR count). The summed E-state index contributed by atoms with van der Waals surface area (Å²) >= 11 is 6.62. The molecule has 11 heteroatoms. The lowest BCUT2D eigenvalue weighted by molar-refractivity contribution is -0.122. The highest BCUT2D eigenvalue weighted by Gasteiger charge is 2.32. The van der Waals surface area contributed by atoms with E-state index in [1.807, 2.05) is 23.1 Å². The molecule has 3 heterocycles.